The molecule has 1 aliphatic heterocycles. The van der Waals surface area contributed by atoms with Crippen LogP contribution in [0, 0.1) is 0 Å². The Balaban J connectivity index is 3.16. The Labute approximate surface area is 123 Å². The lowest BCUT2D eigenvalue weighted by molar-refractivity contribution is -0.0333. The molecule has 2 N–H and O–H groups in total. The molecule has 0 amide bonds. The molecule has 0 saturated carbocycles. The van der Waals surface area contributed by atoms with E-state index in [9.17, 15) is 5.11 Å². The molecule has 0 spiro atoms. The molecule has 0 bridgehead atoms. The molecule has 0 saturated heterocycles. The molecule has 2 atom stereocenters. The molecule has 110 valence electrons. The highest BCUT2D eigenvalue weighted by Gasteiger charge is 2.47. The van der Waals surface area contributed by atoms with Gasteiger partial charge in [-0.1, -0.05) is 36.5 Å². The van der Waals surface area contributed by atoms with Crippen molar-refractivity contribution in [3.8, 4) is 0 Å². The van der Waals surface area contributed by atoms with Crippen LogP contribution in [0.3, 0.4) is 0 Å². The van der Waals surface area contributed by atoms with Gasteiger partial charge in [0.2, 0.25) is 0 Å². The summed E-state index contributed by atoms with van der Waals surface area (Å²) < 4.78 is 0. The Bertz CT molecular complexity index is 386. The van der Waals surface area contributed by atoms with E-state index in [1.165, 1.54) is 0 Å². The maximum atomic E-state index is 11.2. The first-order valence-electron chi connectivity index (χ1n) is 7.19. The second-order valence-corrected chi connectivity index (χ2v) is 5.49. The van der Waals surface area contributed by atoms with Crippen LogP contribution < -0.4 is 5.32 Å². The number of aliphatic hydroxyl groups is 1. The molecule has 1 aliphatic rings. The average molecular weight is 273 g/mol. The maximum Gasteiger partial charge on any atom is 0.0935 e. The van der Waals surface area contributed by atoms with E-state index in [4.69, 9.17) is 0 Å². The predicted octanol–water partition coefficient (Wildman–Crippen LogP) is 3.68. The summed E-state index contributed by atoms with van der Waals surface area (Å²) in [5, 5.41) is 14.8. The Hall–Kier alpha value is -1.38. The number of nitrogens with one attached hydrogen (secondary N) is 1. The van der Waals surface area contributed by atoms with Gasteiger partial charge in [0.05, 0.1) is 11.1 Å². The van der Waals surface area contributed by atoms with Crippen LogP contribution in [-0.4, -0.2) is 22.3 Å². The van der Waals surface area contributed by atoms with E-state index >= 15 is 0 Å². The van der Waals surface area contributed by atoms with Crippen LogP contribution >= 0.6 is 0 Å². The third-order valence-electron chi connectivity index (χ3n) is 4.00. The van der Waals surface area contributed by atoms with Gasteiger partial charge in [0.15, 0.2) is 0 Å². The normalized spacial score (nSPS) is 25.9. The fourth-order valence-corrected chi connectivity index (χ4v) is 3.02. The summed E-state index contributed by atoms with van der Waals surface area (Å²) >= 11 is 0. The fourth-order valence-electron chi connectivity index (χ4n) is 3.02. The van der Waals surface area contributed by atoms with Gasteiger partial charge in [0, 0.05) is 6.04 Å². The minimum atomic E-state index is -0.943. The second-order valence-electron chi connectivity index (χ2n) is 5.49. The van der Waals surface area contributed by atoms with E-state index in [-0.39, 0.29) is 0 Å². The average Bonchev–Trinajstić information content (AvgIpc) is 2.40. The van der Waals surface area contributed by atoms with Crippen LogP contribution in [-0.2, 0) is 0 Å². The number of hydrogen-bond acceptors (Lipinski definition) is 2. The summed E-state index contributed by atoms with van der Waals surface area (Å²) in [5.74, 6) is 0. The van der Waals surface area contributed by atoms with Crippen molar-refractivity contribution in [2.45, 2.75) is 49.3 Å². The predicted molar refractivity (Wildman–Crippen MR) is 87.6 cm³/mol. The monoisotopic (exact) mass is 273 g/mol. The zero-order valence-electron chi connectivity index (χ0n) is 12.4. The highest BCUT2D eigenvalue weighted by molar-refractivity contribution is 5.25. The first kappa shape index (κ1) is 16.7. The number of hydrogen-bond donors (Lipinski definition) is 2. The van der Waals surface area contributed by atoms with Gasteiger partial charge in [0.1, 0.15) is 0 Å². The van der Waals surface area contributed by atoms with E-state index in [0.29, 0.717) is 25.3 Å². The summed E-state index contributed by atoms with van der Waals surface area (Å²) in [6.07, 6.45) is 15.0. The molecule has 2 nitrogen and oxygen atoms in total. The van der Waals surface area contributed by atoms with Crippen molar-refractivity contribution in [3.05, 3.63) is 62.8 Å². The lowest BCUT2D eigenvalue weighted by atomic mass is 9.70. The third kappa shape index (κ3) is 3.38. The topological polar surface area (TPSA) is 32.3 Å². The van der Waals surface area contributed by atoms with Gasteiger partial charge >= 0.3 is 0 Å². The largest absolute Gasteiger partial charge is 0.387 e. The summed E-state index contributed by atoms with van der Waals surface area (Å²) in [4.78, 5) is 0. The van der Waals surface area contributed by atoms with E-state index < -0.39 is 11.1 Å². The van der Waals surface area contributed by atoms with Crippen molar-refractivity contribution in [3.63, 3.8) is 0 Å². The second kappa shape index (κ2) is 7.41. The zero-order chi connectivity index (χ0) is 15.1. The van der Waals surface area contributed by atoms with Crippen LogP contribution in [0.2, 0.25) is 0 Å². The Morgan fingerprint density at radius 2 is 1.80 bits per heavy atom. The molecule has 1 rings (SSSR count). The molecule has 20 heavy (non-hydrogen) atoms. The number of rotatable bonds is 9. The van der Waals surface area contributed by atoms with E-state index in [2.05, 4.69) is 43.8 Å². The molecule has 0 fully saturated rings. The molecule has 1 heterocycles. The van der Waals surface area contributed by atoms with E-state index in [0.717, 1.165) is 12.8 Å². The Morgan fingerprint density at radius 1 is 1.15 bits per heavy atom. The van der Waals surface area contributed by atoms with Gasteiger partial charge < -0.3 is 10.4 Å². The molecular formula is C18H27NO. The molecule has 2 heteroatoms. The quantitative estimate of drug-likeness (QED) is 0.628. The zero-order valence-corrected chi connectivity index (χ0v) is 12.4. The fraction of sp³-hybridized carbons (Fsp3) is 0.444. The standard InChI is InChI=1S/C18H27NO/c1-5-10-16-11-9-15-17(19-16,12-6-2)18(20,13-7-3)14-8-4/h5-9,15-16,19-20H,1-4,10-14H2. The summed E-state index contributed by atoms with van der Waals surface area (Å²) in [5.41, 5.74) is -1.47. The summed E-state index contributed by atoms with van der Waals surface area (Å²) in [6, 6.07) is 0.290. The van der Waals surface area contributed by atoms with E-state index in [1.54, 1.807) is 12.2 Å². The SMILES string of the molecule is C=CCC1CC=CC(CC=C)(C(O)(CC=C)CC=C)N1. The highest BCUT2D eigenvalue weighted by atomic mass is 16.3. The van der Waals surface area contributed by atoms with Crippen LogP contribution in [0.1, 0.15) is 32.1 Å². The van der Waals surface area contributed by atoms with Crippen molar-refractivity contribution < 1.29 is 5.11 Å². The van der Waals surface area contributed by atoms with Crippen molar-refractivity contribution in [2.24, 2.45) is 0 Å². The molecular weight excluding hydrogens is 246 g/mol. The lowest BCUT2D eigenvalue weighted by Crippen LogP contribution is -2.65. The molecule has 0 aromatic rings. The lowest BCUT2D eigenvalue weighted by Gasteiger charge is -2.49. The van der Waals surface area contributed by atoms with Crippen molar-refractivity contribution in [1.29, 1.82) is 0 Å². The van der Waals surface area contributed by atoms with Crippen molar-refractivity contribution in [1.82, 2.24) is 5.32 Å². The highest BCUT2D eigenvalue weighted by Crippen LogP contribution is 2.37. The van der Waals surface area contributed by atoms with E-state index in [1.807, 2.05) is 12.2 Å². The Morgan fingerprint density at radius 3 is 2.30 bits per heavy atom. The Kier molecular flexibility index (Phi) is 6.18. The molecule has 0 aromatic heterocycles. The maximum absolute atomic E-state index is 11.2. The third-order valence-corrected chi connectivity index (χ3v) is 4.00. The molecule has 2 unspecified atom stereocenters. The van der Waals surface area contributed by atoms with Gasteiger partial charge in [-0.25, -0.2) is 0 Å². The van der Waals surface area contributed by atoms with Crippen LogP contribution in [0.25, 0.3) is 0 Å². The van der Waals surface area contributed by atoms with Crippen molar-refractivity contribution >= 4 is 0 Å². The van der Waals surface area contributed by atoms with Gasteiger partial charge in [-0.3, -0.25) is 0 Å². The van der Waals surface area contributed by atoms with Crippen molar-refractivity contribution in [2.75, 3.05) is 0 Å². The van der Waals surface area contributed by atoms with Gasteiger partial charge in [-0.2, -0.15) is 0 Å². The molecule has 0 aliphatic carbocycles. The van der Waals surface area contributed by atoms with Gasteiger partial charge in [-0.05, 0) is 32.1 Å². The molecule has 0 radical (unpaired) electrons. The summed E-state index contributed by atoms with van der Waals surface area (Å²) in [6.45, 7) is 15.2. The van der Waals surface area contributed by atoms with Crippen LogP contribution in [0.5, 0.6) is 0 Å². The van der Waals surface area contributed by atoms with Crippen LogP contribution in [0.4, 0.5) is 0 Å². The minimum Gasteiger partial charge on any atom is -0.387 e. The molecule has 0 aromatic carbocycles. The van der Waals surface area contributed by atoms with Gasteiger partial charge in [-0.15, -0.1) is 26.3 Å². The first-order valence-corrected chi connectivity index (χ1v) is 7.19. The minimum absolute atomic E-state index is 0.290. The van der Waals surface area contributed by atoms with Gasteiger partial charge in [0.25, 0.3) is 0 Å². The van der Waals surface area contributed by atoms with Crippen LogP contribution in [0.15, 0.2) is 62.8 Å². The smallest absolute Gasteiger partial charge is 0.0935 e. The summed E-state index contributed by atoms with van der Waals surface area (Å²) in [7, 11) is 0. The first-order chi connectivity index (χ1) is 9.57.